The summed E-state index contributed by atoms with van der Waals surface area (Å²) >= 11 is 0. The molecule has 3 amide bonds. The summed E-state index contributed by atoms with van der Waals surface area (Å²) in [5.74, 6) is -0.515. The molecule has 0 unspecified atom stereocenters. The van der Waals surface area contributed by atoms with Crippen LogP contribution in [0.15, 0.2) is 48.8 Å². The molecule has 3 heterocycles. The smallest absolute Gasteiger partial charge is 0.261 e. The van der Waals surface area contributed by atoms with Gasteiger partial charge in [0.2, 0.25) is 5.95 Å². The maximum Gasteiger partial charge on any atom is 0.261 e. The largest absolute Gasteiger partial charge is 0.292 e. The number of imidazole rings is 1. The third-order valence-corrected chi connectivity index (χ3v) is 5.78. The summed E-state index contributed by atoms with van der Waals surface area (Å²) in [5.41, 5.74) is 1.87. The molecule has 1 saturated carbocycles. The van der Waals surface area contributed by atoms with Crippen LogP contribution in [0, 0.1) is 0 Å². The van der Waals surface area contributed by atoms with E-state index >= 15 is 0 Å². The Morgan fingerprint density at radius 2 is 1.79 bits per heavy atom. The lowest BCUT2D eigenvalue weighted by Crippen LogP contribution is -2.40. The summed E-state index contributed by atoms with van der Waals surface area (Å²) in [6.45, 7) is 0. The second-order valence-electron chi connectivity index (χ2n) is 7.56. The van der Waals surface area contributed by atoms with Crippen LogP contribution >= 0.6 is 0 Å². The molecule has 29 heavy (non-hydrogen) atoms. The molecule has 7 nitrogen and oxygen atoms in total. The van der Waals surface area contributed by atoms with Crippen molar-refractivity contribution in [3.05, 3.63) is 65.5 Å². The average molecular weight is 388 g/mol. The Hall–Kier alpha value is -3.48. The number of aromatic nitrogens is 2. The minimum absolute atomic E-state index is 0.0373. The molecule has 1 N–H and O–H groups in total. The number of imide groups is 1. The fourth-order valence-corrected chi connectivity index (χ4v) is 4.28. The summed E-state index contributed by atoms with van der Waals surface area (Å²) in [4.78, 5) is 44.1. The van der Waals surface area contributed by atoms with Gasteiger partial charge in [0.1, 0.15) is 0 Å². The molecule has 2 aliphatic rings. The van der Waals surface area contributed by atoms with E-state index in [-0.39, 0.29) is 23.8 Å². The van der Waals surface area contributed by atoms with Crippen molar-refractivity contribution in [1.29, 1.82) is 0 Å². The van der Waals surface area contributed by atoms with Crippen LogP contribution in [0.3, 0.4) is 0 Å². The van der Waals surface area contributed by atoms with E-state index in [4.69, 9.17) is 0 Å². The van der Waals surface area contributed by atoms with Crippen LogP contribution in [0.2, 0.25) is 0 Å². The van der Waals surface area contributed by atoms with Gasteiger partial charge >= 0.3 is 0 Å². The molecule has 0 radical (unpaired) electrons. The predicted octanol–water partition coefficient (Wildman–Crippen LogP) is 3.52. The van der Waals surface area contributed by atoms with Gasteiger partial charge < -0.3 is 0 Å². The number of pyridine rings is 1. The van der Waals surface area contributed by atoms with Crippen LogP contribution in [0.1, 0.15) is 63.2 Å². The zero-order chi connectivity index (χ0) is 20.0. The molecule has 1 fully saturated rings. The third-order valence-electron chi connectivity index (χ3n) is 5.78. The van der Waals surface area contributed by atoms with Crippen LogP contribution in [-0.4, -0.2) is 38.0 Å². The monoisotopic (exact) mass is 388 g/mol. The van der Waals surface area contributed by atoms with Crippen LogP contribution in [-0.2, 0) is 0 Å². The molecule has 5 rings (SSSR count). The number of benzene rings is 1. The lowest BCUT2D eigenvalue weighted by atomic mass is 9.94. The first-order chi connectivity index (χ1) is 14.1. The average Bonchev–Trinajstić information content (AvgIpc) is 3.27. The predicted molar refractivity (Wildman–Crippen MR) is 107 cm³/mol. The van der Waals surface area contributed by atoms with E-state index < -0.39 is 0 Å². The van der Waals surface area contributed by atoms with Gasteiger partial charge in [0.25, 0.3) is 17.7 Å². The highest BCUT2D eigenvalue weighted by molar-refractivity contribution is 6.22. The standard InChI is InChI=1S/C22H20N4O3/c27-19(24-22-23-13-16-8-4-5-11-25(16)22)14-9-10-17-18(12-14)21(29)26(20(17)28)15-6-2-1-3-7-15/h4-5,8-13,15H,1-3,6-7H2,(H,23,24,27). The lowest BCUT2D eigenvalue weighted by Gasteiger charge is -2.29. The number of nitrogens with one attached hydrogen (secondary N) is 1. The molecular formula is C22H20N4O3. The van der Waals surface area contributed by atoms with E-state index in [1.807, 2.05) is 24.4 Å². The second kappa shape index (κ2) is 6.84. The van der Waals surface area contributed by atoms with Crippen LogP contribution in [0.5, 0.6) is 0 Å². The zero-order valence-corrected chi connectivity index (χ0v) is 15.8. The summed E-state index contributed by atoms with van der Waals surface area (Å²) in [6, 6.07) is 10.3. The fraction of sp³-hybridized carbons (Fsp3) is 0.273. The first-order valence-electron chi connectivity index (χ1n) is 9.89. The fourth-order valence-electron chi connectivity index (χ4n) is 4.28. The summed E-state index contributed by atoms with van der Waals surface area (Å²) < 4.78 is 1.77. The molecule has 146 valence electrons. The van der Waals surface area contributed by atoms with Gasteiger partial charge in [-0.05, 0) is 43.2 Å². The van der Waals surface area contributed by atoms with Gasteiger partial charge in [0.15, 0.2) is 0 Å². The van der Waals surface area contributed by atoms with E-state index in [1.54, 1.807) is 22.7 Å². The van der Waals surface area contributed by atoms with Crippen molar-refractivity contribution in [1.82, 2.24) is 14.3 Å². The number of rotatable bonds is 3. The van der Waals surface area contributed by atoms with Gasteiger partial charge in [0, 0.05) is 17.8 Å². The van der Waals surface area contributed by atoms with E-state index in [2.05, 4.69) is 10.3 Å². The number of hydrogen-bond donors (Lipinski definition) is 1. The van der Waals surface area contributed by atoms with Crippen LogP contribution in [0.4, 0.5) is 5.95 Å². The Balaban J connectivity index is 1.41. The molecule has 2 aromatic heterocycles. The molecule has 1 aromatic carbocycles. The second-order valence-corrected chi connectivity index (χ2v) is 7.56. The van der Waals surface area contributed by atoms with Gasteiger partial charge in [-0.25, -0.2) is 4.98 Å². The van der Waals surface area contributed by atoms with Gasteiger partial charge in [-0.15, -0.1) is 0 Å². The highest BCUT2D eigenvalue weighted by Gasteiger charge is 2.40. The summed E-state index contributed by atoms with van der Waals surface area (Å²) in [7, 11) is 0. The number of nitrogens with zero attached hydrogens (tertiary/aromatic N) is 3. The quantitative estimate of drug-likeness (QED) is 0.696. The number of fused-ring (bicyclic) bond motifs is 2. The zero-order valence-electron chi connectivity index (χ0n) is 15.8. The first-order valence-corrected chi connectivity index (χ1v) is 9.89. The van der Waals surface area contributed by atoms with Crippen molar-refractivity contribution in [2.45, 2.75) is 38.1 Å². The van der Waals surface area contributed by atoms with Crippen molar-refractivity contribution in [3.63, 3.8) is 0 Å². The van der Waals surface area contributed by atoms with Crippen LogP contribution < -0.4 is 5.32 Å². The van der Waals surface area contributed by atoms with Crippen molar-refractivity contribution < 1.29 is 14.4 Å². The third kappa shape index (κ3) is 2.90. The highest BCUT2D eigenvalue weighted by Crippen LogP contribution is 2.31. The molecule has 1 aliphatic heterocycles. The first kappa shape index (κ1) is 17.6. The molecular weight excluding hydrogens is 368 g/mol. The molecule has 0 atom stereocenters. The molecule has 0 spiro atoms. The SMILES string of the molecule is O=C(Nc1ncc2ccccn12)c1ccc2c(c1)C(=O)N(C1CCCCC1)C2=O. The van der Waals surface area contributed by atoms with Gasteiger partial charge in [-0.1, -0.05) is 25.3 Å². The van der Waals surface area contributed by atoms with Crippen molar-refractivity contribution in [2.24, 2.45) is 0 Å². The van der Waals surface area contributed by atoms with E-state index in [0.717, 1.165) is 37.6 Å². The van der Waals surface area contributed by atoms with E-state index in [1.165, 1.54) is 11.0 Å². The van der Waals surface area contributed by atoms with Gasteiger partial charge in [-0.2, -0.15) is 0 Å². The molecule has 7 heteroatoms. The Kier molecular flexibility index (Phi) is 4.16. The Bertz CT molecular complexity index is 1140. The molecule has 0 bridgehead atoms. The molecule has 3 aromatic rings. The van der Waals surface area contributed by atoms with Crippen molar-refractivity contribution in [2.75, 3.05) is 5.32 Å². The van der Waals surface area contributed by atoms with Gasteiger partial charge in [-0.3, -0.25) is 29.0 Å². The Morgan fingerprint density at radius 1 is 1.00 bits per heavy atom. The number of carbonyl (C=O) groups is 3. The Morgan fingerprint density at radius 3 is 2.62 bits per heavy atom. The molecule has 0 saturated heterocycles. The number of hydrogen-bond acceptors (Lipinski definition) is 4. The van der Waals surface area contributed by atoms with E-state index in [0.29, 0.717) is 22.6 Å². The summed E-state index contributed by atoms with van der Waals surface area (Å²) in [5, 5.41) is 2.78. The maximum atomic E-state index is 12.9. The normalized spacial score (nSPS) is 17.0. The molecule has 1 aliphatic carbocycles. The Labute approximate surface area is 167 Å². The number of carbonyl (C=O) groups excluding carboxylic acids is 3. The number of anilines is 1. The lowest BCUT2D eigenvalue weighted by molar-refractivity contribution is 0.0549. The van der Waals surface area contributed by atoms with Crippen LogP contribution in [0.25, 0.3) is 5.52 Å². The van der Waals surface area contributed by atoms with E-state index in [9.17, 15) is 14.4 Å². The number of amides is 3. The van der Waals surface area contributed by atoms with Crippen molar-refractivity contribution >= 4 is 29.2 Å². The maximum absolute atomic E-state index is 12.9. The highest BCUT2D eigenvalue weighted by atomic mass is 16.2. The van der Waals surface area contributed by atoms with Gasteiger partial charge in [0.05, 0.1) is 22.8 Å². The summed E-state index contributed by atoms with van der Waals surface area (Å²) in [6.07, 6.45) is 8.39. The minimum atomic E-state index is -0.375. The van der Waals surface area contributed by atoms with Crippen molar-refractivity contribution in [3.8, 4) is 0 Å². The minimum Gasteiger partial charge on any atom is -0.292 e. The topological polar surface area (TPSA) is 83.8 Å².